The molecule has 0 heterocycles. The number of rotatable bonds is 7. The third-order valence-electron chi connectivity index (χ3n) is 2.39. The van der Waals surface area contributed by atoms with E-state index in [1.165, 1.54) is 6.07 Å². The molecule has 0 aromatic heterocycles. The number of hydrogen-bond donors (Lipinski definition) is 3. The van der Waals surface area contributed by atoms with Gasteiger partial charge in [-0.2, -0.15) is 0 Å². The summed E-state index contributed by atoms with van der Waals surface area (Å²) in [7, 11) is 0. The van der Waals surface area contributed by atoms with Crippen molar-refractivity contribution in [2.45, 2.75) is 12.8 Å². The van der Waals surface area contributed by atoms with Gasteiger partial charge in [0.15, 0.2) is 0 Å². The topological polar surface area (TPSA) is 95.5 Å². The van der Waals surface area contributed by atoms with Gasteiger partial charge in [0.1, 0.15) is 0 Å². The average molecular weight is 299 g/mol. The van der Waals surface area contributed by atoms with Crippen molar-refractivity contribution in [3.05, 3.63) is 34.9 Å². The van der Waals surface area contributed by atoms with Crippen LogP contribution in [0.3, 0.4) is 0 Å². The predicted molar refractivity (Wildman–Crippen MR) is 73.7 cm³/mol. The molecular formula is C13H15ClN2O4. The largest absolute Gasteiger partial charge is 0.481 e. The molecular weight excluding hydrogens is 284 g/mol. The fourth-order valence-electron chi connectivity index (χ4n) is 1.42. The van der Waals surface area contributed by atoms with Crippen molar-refractivity contribution in [1.82, 2.24) is 10.6 Å². The van der Waals surface area contributed by atoms with Crippen LogP contribution >= 0.6 is 11.6 Å². The molecule has 0 aliphatic heterocycles. The Bertz CT molecular complexity index is 505. The highest BCUT2D eigenvalue weighted by atomic mass is 35.5. The smallest absolute Gasteiger partial charge is 0.303 e. The highest BCUT2D eigenvalue weighted by Gasteiger charge is 2.08. The molecule has 0 saturated carbocycles. The van der Waals surface area contributed by atoms with Crippen molar-refractivity contribution in [3.8, 4) is 0 Å². The summed E-state index contributed by atoms with van der Waals surface area (Å²) in [4.78, 5) is 33.3. The van der Waals surface area contributed by atoms with Gasteiger partial charge in [0.05, 0.1) is 6.54 Å². The van der Waals surface area contributed by atoms with Gasteiger partial charge in [-0.15, -0.1) is 0 Å². The lowest BCUT2D eigenvalue weighted by Crippen LogP contribution is -2.37. The van der Waals surface area contributed by atoms with E-state index in [9.17, 15) is 14.4 Å². The summed E-state index contributed by atoms with van der Waals surface area (Å²) < 4.78 is 0. The lowest BCUT2D eigenvalue weighted by atomic mass is 10.2. The summed E-state index contributed by atoms with van der Waals surface area (Å²) in [6, 6.07) is 6.38. The van der Waals surface area contributed by atoms with Gasteiger partial charge in [0, 0.05) is 23.6 Å². The molecule has 6 nitrogen and oxygen atoms in total. The van der Waals surface area contributed by atoms with Gasteiger partial charge in [-0.05, 0) is 24.6 Å². The average Bonchev–Trinajstić information content (AvgIpc) is 2.40. The van der Waals surface area contributed by atoms with E-state index in [1.807, 2.05) is 0 Å². The summed E-state index contributed by atoms with van der Waals surface area (Å²) in [5.41, 5.74) is 0.371. The molecule has 108 valence electrons. The van der Waals surface area contributed by atoms with Crippen molar-refractivity contribution in [2.75, 3.05) is 13.1 Å². The van der Waals surface area contributed by atoms with E-state index in [2.05, 4.69) is 10.6 Å². The molecule has 1 aromatic rings. The first-order chi connectivity index (χ1) is 9.49. The van der Waals surface area contributed by atoms with Crippen molar-refractivity contribution in [2.24, 2.45) is 0 Å². The van der Waals surface area contributed by atoms with Crippen LogP contribution in [0, 0.1) is 0 Å². The van der Waals surface area contributed by atoms with E-state index >= 15 is 0 Å². The van der Waals surface area contributed by atoms with Gasteiger partial charge in [0.25, 0.3) is 5.91 Å². The van der Waals surface area contributed by atoms with Crippen LogP contribution in [0.5, 0.6) is 0 Å². The first kappa shape index (κ1) is 16.0. The number of amides is 2. The zero-order valence-corrected chi connectivity index (χ0v) is 11.4. The van der Waals surface area contributed by atoms with Crippen LogP contribution in [0.2, 0.25) is 5.02 Å². The number of carbonyl (C=O) groups is 3. The molecule has 0 aliphatic rings. The normalized spacial score (nSPS) is 9.85. The van der Waals surface area contributed by atoms with E-state index in [1.54, 1.807) is 18.2 Å². The minimum atomic E-state index is -0.909. The number of halogens is 1. The molecule has 0 bridgehead atoms. The number of nitrogens with one attached hydrogen (secondary N) is 2. The molecule has 0 aliphatic carbocycles. The van der Waals surface area contributed by atoms with Gasteiger partial charge in [-0.1, -0.05) is 17.7 Å². The molecule has 0 unspecified atom stereocenters. The molecule has 7 heteroatoms. The minimum Gasteiger partial charge on any atom is -0.481 e. The van der Waals surface area contributed by atoms with E-state index < -0.39 is 11.9 Å². The third kappa shape index (κ3) is 6.19. The molecule has 1 rings (SSSR count). The molecule has 1 aromatic carbocycles. The van der Waals surface area contributed by atoms with Gasteiger partial charge in [-0.25, -0.2) is 0 Å². The van der Waals surface area contributed by atoms with Crippen molar-refractivity contribution < 1.29 is 19.5 Å². The Hall–Kier alpha value is -2.08. The maximum Gasteiger partial charge on any atom is 0.303 e. The molecule has 20 heavy (non-hydrogen) atoms. The Morgan fingerprint density at radius 3 is 2.60 bits per heavy atom. The number of carboxylic acid groups (broad SMARTS) is 1. The fourth-order valence-corrected chi connectivity index (χ4v) is 1.61. The second-order valence-corrected chi connectivity index (χ2v) is 4.48. The Morgan fingerprint density at radius 2 is 1.95 bits per heavy atom. The third-order valence-corrected chi connectivity index (χ3v) is 2.62. The van der Waals surface area contributed by atoms with Crippen LogP contribution in [-0.4, -0.2) is 36.0 Å². The fraction of sp³-hybridized carbons (Fsp3) is 0.308. The van der Waals surface area contributed by atoms with Gasteiger partial charge in [0.2, 0.25) is 5.91 Å². The first-order valence-electron chi connectivity index (χ1n) is 6.01. The van der Waals surface area contributed by atoms with E-state index in [4.69, 9.17) is 16.7 Å². The maximum absolute atomic E-state index is 11.7. The number of aliphatic carboxylic acids is 1. The Kier molecular flexibility index (Phi) is 6.52. The monoisotopic (exact) mass is 298 g/mol. The highest BCUT2D eigenvalue weighted by Crippen LogP contribution is 2.10. The summed E-state index contributed by atoms with van der Waals surface area (Å²) in [6.07, 6.45) is 0.346. The molecule has 0 atom stereocenters. The van der Waals surface area contributed by atoms with Gasteiger partial charge >= 0.3 is 5.97 Å². The van der Waals surface area contributed by atoms with Gasteiger partial charge < -0.3 is 15.7 Å². The molecule has 0 spiro atoms. The van der Waals surface area contributed by atoms with Crippen molar-refractivity contribution in [1.29, 1.82) is 0 Å². The van der Waals surface area contributed by atoms with Crippen LogP contribution in [0.25, 0.3) is 0 Å². The molecule has 3 N–H and O–H groups in total. The van der Waals surface area contributed by atoms with E-state index in [0.29, 0.717) is 17.0 Å². The highest BCUT2D eigenvalue weighted by molar-refractivity contribution is 6.30. The van der Waals surface area contributed by atoms with E-state index in [-0.39, 0.29) is 25.4 Å². The van der Waals surface area contributed by atoms with Crippen LogP contribution in [0.15, 0.2) is 24.3 Å². The standard InChI is InChI=1S/C13H15ClN2O4/c14-10-4-1-3-9(7-10)13(20)16-8-11(17)15-6-2-5-12(18)19/h1,3-4,7H,2,5-6,8H2,(H,15,17)(H,16,20)(H,18,19). The molecule has 0 fully saturated rings. The van der Waals surface area contributed by atoms with Crippen LogP contribution in [0.4, 0.5) is 0 Å². The summed E-state index contributed by atoms with van der Waals surface area (Å²) in [6.45, 7) is 0.0938. The number of hydrogen-bond acceptors (Lipinski definition) is 3. The Balaban J connectivity index is 2.27. The lowest BCUT2D eigenvalue weighted by molar-refractivity contribution is -0.137. The van der Waals surface area contributed by atoms with Crippen molar-refractivity contribution in [3.63, 3.8) is 0 Å². The molecule has 0 saturated heterocycles. The molecule has 0 radical (unpaired) electrons. The summed E-state index contributed by atoms with van der Waals surface area (Å²) in [5.74, 6) is -1.67. The zero-order chi connectivity index (χ0) is 15.0. The van der Waals surface area contributed by atoms with Gasteiger partial charge in [-0.3, -0.25) is 14.4 Å². The minimum absolute atomic E-state index is 0.00481. The van der Waals surface area contributed by atoms with Crippen molar-refractivity contribution >= 4 is 29.4 Å². The Labute approximate surface area is 121 Å². The second kappa shape index (κ2) is 8.16. The summed E-state index contributed by atoms with van der Waals surface area (Å²) in [5, 5.41) is 13.8. The van der Waals surface area contributed by atoms with Crippen LogP contribution in [0.1, 0.15) is 23.2 Å². The Morgan fingerprint density at radius 1 is 1.20 bits per heavy atom. The SMILES string of the molecule is O=C(O)CCCNC(=O)CNC(=O)c1cccc(Cl)c1. The number of benzene rings is 1. The molecule has 2 amide bonds. The predicted octanol–water partition coefficient (Wildman–Crippen LogP) is 1.05. The maximum atomic E-state index is 11.7. The van der Waals surface area contributed by atoms with E-state index in [0.717, 1.165) is 0 Å². The first-order valence-corrected chi connectivity index (χ1v) is 6.39. The quantitative estimate of drug-likeness (QED) is 0.656. The van der Waals surface area contributed by atoms with Crippen LogP contribution < -0.4 is 10.6 Å². The number of carboxylic acids is 1. The zero-order valence-electron chi connectivity index (χ0n) is 10.7. The summed E-state index contributed by atoms with van der Waals surface area (Å²) >= 11 is 5.75. The lowest BCUT2D eigenvalue weighted by Gasteiger charge is -2.06. The second-order valence-electron chi connectivity index (χ2n) is 4.04. The number of carbonyl (C=O) groups excluding carboxylic acids is 2. The van der Waals surface area contributed by atoms with Crippen LogP contribution in [-0.2, 0) is 9.59 Å².